The molecule has 3 aromatic rings. The van der Waals surface area contributed by atoms with Crippen LogP contribution in [0.15, 0.2) is 72.8 Å². The van der Waals surface area contributed by atoms with Crippen molar-refractivity contribution in [2.75, 3.05) is 10.6 Å². The molecule has 0 aromatic heterocycles. The number of rotatable bonds is 6. The van der Waals surface area contributed by atoms with Gasteiger partial charge in [-0.2, -0.15) is 0 Å². The lowest BCUT2D eigenvalue weighted by atomic mass is 9.77. The lowest BCUT2D eigenvalue weighted by Crippen LogP contribution is -2.41. The number of benzene rings is 3. The Balaban J connectivity index is 1.28. The first-order valence-corrected chi connectivity index (χ1v) is 14.2. The minimum absolute atomic E-state index is 0.308. The molecule has 2 heterocycles. The zero-order valence-corrected chi connectivity index (χ0v) is 25.5. The van der Waals surface area contributed by atoms with E-state index in [1.807, 2.05) is 104 Å². The topological polar surface area (TPSA) is 95.1 Å². The Hall–Kier alpha value is -3.43. The summed E-state index contributed by atoms with van der Waals surface area (Å²) in [6, 6.07) is 21.4. The molecule has 0 bridgehead atoms. The van der Waals surface area contributed by atoms with E-state index in [2.05, 4.69) is 10.6 Å². The summed E-state index contributed by atoms with van der Waals surface area (Å²) in [6.07, 6.45) is 0. The Morgan fingerprint density at radius 2 is 0.786 bits per heavy atom. The van der Waals surface area contributed by atoms with Gasteiger partial charge < -0.3 is 29.3 Å². The van der Waals surface area contributed by atoms with Crippen molar-refractivity contribution in [1.29, 1.82) is 0 Å². The summed E-state index contributed by atoms with van der Waals surface area (Å²) in [5.41, 5.74) is 1.48. The number of hydrogen-bond acceptors (Lipinski definition) is 6. The second-order valence-electron chi connectivity index (χ2n) is 12.8. The zero-order valence-electron chi connectivity index (χ0n) is 25.5. The number of hydrogen-bond donors (Lipinski definition) is 2. The maximum atomic E-state index is 13.2. The predicted molar refractivity (Wildman–Crippen MR) is 167 cm³/mol. The number of nitrogens with one attached hydrogen (secondary N) is 2. The standard InChI is InChI=1S/C32H38B2N2O6/c1-29(2)30(3,4)40-33(39-29)23-13-9-11-15-25(23)35-27(37)21-17-19-22(20-18-21)28(38)36-26-16-12-10-14-24(26)34-41-31(5,6)32(7,8)42-34/h9-20H,1-8H3,(H,35,37)(H,36,38). The summed E-state index contributed by atoms with van der Waals surface area (Å²) in [6.45, 7) is 15.9. The first-order valence-electron chi connectivity index (χ1n) is 14.2. The molecular formula is C32H38B2N2O6. The van der Waals surface area contributed by atoms with Gasteiger partial charge in [-0.1, -0.05) is 36.4 Å². The van der Waals surface area contributed by atoms with Gasteiger partial charge in [0.2, 0.25) is 0 Å². The van der Waals surface area contributed by atoms with Crippen molar-refractivity contribution >= 4 is 48.4 Å². The van der Waals surface area contributed by atoms with Gasteiger partial charge in [0, 0.05) is 33.4 Å². The molecule has 2 amide bonds. The molecule has 3 aromatic carbocycles. The van der Waals surface area contributed by atoms with Crippen LogP contribution in [0.1, 0.15) is 76.1 Å². The summed E-state index contributed by atoms with van der Waals surface area (Å²) in [5.74, 6) is -0.617. The van der Waals surface area contributed by atoms with E-state index in [4.69, 9.17) is 18.6 Å². The van der Waals surface area contributed by atoms with Crippen molar-refractivity contribution in [3.8, 4) is 0 Å². The third-order valence-electron chi connectivity index (χ3n) is 8.84. The Labute approximate surface area is 248 Å². The van der Waals surface area contributed by atoms with E-state index in [-0.39, 0.29) is 11.8 Å². The van der Waals surface area contributed by atoms with Crippen LogP contribution in [-0.2, 0) is 18.6 Å². The molecule has 0 spiro atoms. The molecule has 2 N–H and O–H groups in total. The van der Waals surface area contributed by atoms with E-state index in [1.165, 1.54) is 0 Å². The molecule has 8 nitrogen and oxygen atoms in total. The fourth-order valence-electron chi connectivity index (χ4n) is 4.73. The van der Waals surface area contributed by atoms with Gasteiger partial charge in [0.25, 0.3) is 11.8 Å². The van der Waals surface area contributed by atoms with E-state index in [0.29, 0.717) is 22.5 Å². The molecule has 5 rings (SSSR count). The minimum Gasteiger partial charge on any atom is -0.399 e. The number of carbonyl (C=O) groups is 2. The van der Waals surface area contributed by atoms with Crippen LogP contribution < -0.4 is 21.6 Å². The second kappa shape index (κ2) is 10.7. The third kappa shape index (κ3) is 5.64. The largest absolute Gasteiger partial charge is 0.496 e. The van der Waals surface area contributed by atoms with Crippen molar-refractivity contribution in [2.45, 2.75) is 77.8 Å². The predicted octanol–water partition coefficient (Wildman–Crippen LogP) is 4.79. The summed E-state index contributed by atoms with van der Waals surface area (Å²) >= 11 is 0. The maximum absolute atomic E-state index is 13.2. The molecule has 0 atom stereocenters. The summed E-state index contributed by atoms with van der Waals surface area (Å²) in [5, 5.41) is 5.94. The minimum atomic E-state index is -0.613. The van der Waals surface area contributed by atoms with Crippen LogP contribution in [0.4, 0.5) is 11.4 Å². The van der Waals surface area contributed by atoms with Crippen molar-refractivity contribution in [1.82, 2.24) is 0 Å². The van der Waals surface area contributed by atoms with E-state index >= 15 is 0 Å². The van der Waals surface area contributed by atoms with Crippen LogP contribution in [0.5, 0.6) is 0 Å². The molecule has 42 heavy (non-hydrogen) atoms. The monoisotopic (exact) mass is 568 g/mol. The molecule has 2 saturated heterocycles. The van der Waals surface area contributed by atoms with E-state index in [1.54, 1.807) is 24.3 Å². The first kappa shape index (κ1) is 30.0. The lowest BCUT2D eigenvalue weighted by molar-refractivity contribution is 0.00578. The fraction of sp³-hybridized carbons (Fsp3) is 0.375. The highest BCUT2D eigenvalue weighted by Crippen LogP contribution is 2.38. The maximum Gasteiger partial charge on any atom is 0.496 e. The van der Waals surface area contributed by atoms with Gasteiger partial charge in [-0.3, -0.25) is 9.59 Å². The van der Waals surface area contributed by atoms with Crippen LogP contribution in [0, 0.1) is 0 Å². The van der Waals surface area contributed by atoms with Crippen molar-refractivity contribution in [2.24, 2.45) is 0 Å². The highest BCUT2D eigenvalue weighted by atomic mass is 16.7. The SMILES string of the molecule is CC1(C)OB(c2ccccc2NC(=O)c2ccc(C(=O)Nc3ccccc3B3OC(C)(C)C(C)(C)O3)cc2)OC1(C)C. The van der Waals surface area contributed by atoms with Crippen LogP contribution in [0.25, 0.3) is 0 Å². The molecule has 10 heteroatoms. The van der Waals surface area contributed by atoms with E-state index in [0.717, 1.165) is 10.9 Å². The highest BCUT2D eigenvalue weighted by molar-refractivity contribution is 6.64. The molecule has 2 aliphatic heterocycles. The second-order valence-corrected chi connectivity index (χ2v) is 12.8. The number of amides is 2. The molecule has 0 saturated carbocycles. The molecule has 2 fully saturated rings. The average molecular weight is 568 g/mol. The number of para-hydroxylation sites is 2. The number of carbonyl (C=O) groups excluding carboxylic acids is 2. The molecular weight excluding hydrogens is 530 g/mol. The average Bonchev–Trinajstić information content (AvgIpc) is 3.28. The molecule has 2 aliphatic rings. The normalized spacial score (nSPS) is 19.9. The molecule has 0 radical (unpaired) electrons. The highest BCUT2D eigenvalue weighted by Gasteiger charge is 2.53. The number of anilines is 2. The van der Waals surface area contributed by atoms with E-state index in [9.17, 15) is 9.59 Å². The van der Waals surface area contributed by atoms with Crippen LogP contribution >= 0.6 is 0 Å². The van der Waals surface area contributed by atoms with Crippen molar-refractivity contribution in [3.05, 3.63) is 83.9 Å². The molecule has 0 aliphatic carbocycles. The smallest absolute Gasteiger partial charge is 0.399 e. The molecule has 218 valence electrons. The van der Waals surface area contributed by atoms with Crippen molar-refractivity contribution in [3.63, 3.8) is 0 Å². The summed E-state index contributed by atoms with van der Waals surface area (Å²) in [7, 11) is -1.23. The van der Waals surface area contributed by atoms with Crippen LogP contribution in [0.3, 0.4) is 0 Å². The summed E-state index contributed by atoms with van der Waals surface area (Å²) in [4.78, 5) is 26.4. The van der Waals surface area contributed by atoms with Crippen LogP contribution in [0.2, 0.25) is 0 Å². The molecule has 0 unspecified atom stereocenters. The van der Waals surface area contributed by atoms with Gasteiger partial charge in [0.15, 0.2) is 0 Å². The Bertz CT molecular complexity index is 1360. The van der Waals surface area contributed by atoms with Crippen LogP contribution in [-0.4, -0.2) is 48.5 Å². The Morgan fingerprint density at radius 1 is 0.500 bits per heavy atom. The van der Waals surface area contributed by atoms with E-state index < -0.39 is 36.6 Å². The van der Waals surface area contributed by atoms with Gasteiger partial charge in [-0.25, -0.2) is 0 Å². The third-order valence-corrected chi connectivity index (χ3v) is 8.84. The fourth-order valence-corrected chi connectivity index (χ4v) is 4.73. The first-order chi connectivity index (χ1) is 19.6. The van der Waals surface area contributed by atoms with Gasteiger partial charge >= 0.3 is 14.2 Å². The Kier molecular flexibility index (Phi) is 7.64. The van der Waals surface area contributed by atoms with Gasteiger partial charge in [0.05, 0.1) is 22.4 Å². The summed E-state index contributed by atoms with van der Waals surface area (Å²) < 4.78 is 24.8. The Morgan fingerprint density at radius 3 is 1.10 bits per heavy atom. The lowest BCUT2D eigenvalue weighted by Gasteiger charge is -2.32. The van der Waals surface area contributed by atoms with Crippen molar-refractivity contribution < 1.29 is 28.2 Å². The quantitative estimate of drug-likeness (QED) is 0.416. The van der Waals surface area contributed by atoms with Gasteiger partial charge in [-0.15, -0.1) is 0 Å². The zero-order chi connectivity index (χ0) is 30.5. The van der Waals surface area contributed by atoms with Gasteiger partial charge in [-0.05, 0) is 91.8 Å². The van der Waals surface area contributed by atoms with Gasteiger partial charge in [0.1, 0.15) is 0 Å².